The molecule has 1 heterocycles. The molecular weight excluding hydrogens is 234 g/mol. The largest absolute Gasteiger partial charge is 0.480 e. The van der Waals surface area contributed by atoms with Crippen LogP contribution in [0.25, 0.3) is 0 Å². The van der Waals surface area contributed by atoms with Crippen LogP contribution in [-0.4, -0.2) is 44.3 Å². The lowest BCUT2D eigenvalue weighted by molar-refractivity contribution is -0.147. The number of aromatic nitrogens is 2. The van der Waals surface area contributed by atoms with Gasteiger partial charge in [0.2, 0.25) is 0 Å². The third-order valence-electron chi connectivity index (χ3n) is 3.09. The summed E-state index contributed by atoms with van der Waals surface area (Å²) in [5.41, 5.74) is -0.109. The highest BCUT2D eigenvalue weighted by atomic mass is 16.4. The number of carboxylic acids is 1. The smallest absolute Gasteiger partial charge is 0.329 e. The van der Waals surface area contributed by atoms with E-state index in [4.69, 9.17) is 5.11 Å². The van der Waals surface area contributed by atoms with E-state index in [1.54, 1.807) is 17.7 Å². The highest BCUT2D eigenvalue weighted by Gasteiger charge is 2.36. The van der Waals surface area contributed by atoms with Crippen LogP contribution in [0.15, 0.2) is 6.07 Å². The Kier molecular flexibility index (Phi) is 3.79. The van der Waals surface area contributed by atoms with Gasteiger partial charge in [-0.15, -0.1) is 0 Å². The summed E-state index contributed by atoms with van der Waals surface area (Å²) in [6.07, 6.45) is 0. The zero-order chi connectivity index (χ0) is 14.1. The number of aliphatic carboxylic acids is 1. The Labute approximate surface area is 106 Å². The predicted octanol–water partition coefficient (Wildman–Crippen LogP) is 1.15. The Morgan fingerprint density at radius 1 is 1.50 bits per heavy atom. The number of carboxylic acid groups (broad SMARTS) is 1. The van der Waals surface area contributed by atoms with Crippen LogP contribution in [0.2, 0.25) is 0 Å². The summed E-state index contributed by atoms with van der Waals surface area (Å²) in [7, 11) is 1.48. The van der Waals surface area contributed by atoms with Crippen molar-refractivity contribution in [2.75, 3.05) is 7.05 Å². The van der Waals surface area contributed by atoms with Crippen molar-refractivity contribution >= 4 is 11.9 Å². The summed E-state index contributed by atoms with van der Waals surface area (Å²) in [6, 6.07) is 1.67. The molecule has 0 aliphatic carbocycles. The van der Waals surface area contributed by atoms with Gasteiger partial charge in [0.1, 0.15) is 11.2 Å². The van der Waals surface area contributed by atoms with Gasteiger partial charge in [-0.25, -0.2) is 4.79 Å². The average molecular weight is 253 g/mol. The zero-order valence-corrected chi connectivity index (χ0v) is 11.4. The number of carbonyl (C=O) groups is 2. The van der Waals surface area contributed by atoms with Crippen molar-refractivity contribution in [1.82, 2.24) is 14.7 Å². The van der Waals surface area contributed by atoms with E-state index in [9.17, 15) is 9.59 Å². The molecule has 6 heteroatoms. The minimum Gasteiger partial charge on any atom is -0.480 e. The molecule has 1 amide bonds. The zero-order valence-electron chi connectivity index (χ0n) is 11.4. The summed E-state index contributed by atoms with van der Waals surface area (Å²) < 4.78 is 1.58. The molecular formula is C12H19N3O3. The number of amides is 1. The minimum absolute atomic E-state index is 0.343. The molecule has 0 aliphatic heterocycles. The third kappa shape index (κ3) is 2.37. The fraction of sp³-hybridized carbons (Fsp3) is 0.583. The van der Waals surface area contributed by atoms with Crippen molar-refractivity contribution < 1.29 is 14.7 Å². The number of nitrogens with zero attached hydrogens (tertiary/aromatic N) is 3. The third-order valence-corrected chi connectivity index (χ3v) is 3.09. The van der Waals surface area contributed by atoms with Gasteiger partial charge in [-0.05, 0) is 33.8 Å². The lowest BCUT2D eigenvalue weighted by Gasteiger charge is -2.31. The van der Waals surface area contributed by atoms with Crippen LogP contribution in [0.4, 0.5) is 0 Å². The van der Waals surface area contributed by atoms with Crippen molar-refractivity contribution in [3.05, 3.63) is 17.5 Å². The van der Waals surface area contributed by atoms with Crippen LogP contribution in [0, 0.1) is 6.92 Å². The summed E-state index contributed by atoms with van der Waals surface area (Å²) in [5.74, 6) is -1.39. The fourth-order valence-electron chi connectivity index (χ4n) is 1.53. The van der Waals surface area contributed by atoms with Crippen LogP contribution in [0.3, 0.4) is 0 Å². The van der Waals surface area contributed by atoms with Crippen molar-refractivity contribution in [2.45, 2.75) is 39.8 Å². The van der Waals surface area contributed by atoms with E-state index in [1.807, 2.05) is 6.92 Å². The molecule has 1 rings (SSSR count). The maximum absolute atomic E-state index is 12.3. The monoisotopic (exact) mass is 253 g/mol. The van der Waals surface area contributed by atoms with Gasteiger partial charge in [0, 0.05) is 13.6 Å². The van der Waals surface area contributed by atoms with E-state index < -0.39 is 11.5 Å². The molecule has 1 N–H and O–H groups in total. The number of hydrogen-bond donors (Lipinski definition) is 1. The molecule has 100 valence electrons. The summed E-state index contributed by atoms with van der Waals surface area (Å²) in [5, 5.41) is 13.3. The summed E-state index contributed by atoms with van der Waals surface area (Å²) in [6.45, 7) is 7.23. The minimum atomic E-state index is -1.26. The first-order chi connectivity index (χ1) is 8.21. The molecule has 0 fully saturated rings. The standard InChI is InChI=1S/C12H19N3O3/c1-6-15-9(7-8(2)13-15)10(16)14(5)12(3,4)11(17)18/h7H,6H2,1-5H3,(H,17,18). The van der Waals surface area contributed by atoms with Gasteiger partial charge >= 0.3 is 5.97 Å². The molecule has 6 nitrogen and oxygen atoms in total. The van der Waals surface area contributed by atoms with E-state index >= 15 is 0 Å². The lowest BCUT2D eigenvalue weighted by atomic mass is 10.0. The average Bonchev–Trinajstić information content (AvgIpc) is 2.68. The van der Waals surface area contributed by atoms with Gasteiger partial charge < -0.3 is 10.0 Å². The maximum atomic E-state index is 12.3. The van der Waals surface area contributed by atoms with Gasteiger partial charge in [-0.1, -0.05) is 0 Å². The van der Waals surface area contributed by atoms with Crippen LogP contribution in [-0.2, 0) is 11.3 Å². The highest BCUT2D eigenvalue weighted by molar-refractivity contribution is 5.96. The summed E-state index contributed by atoms with van der Waals surface area (Å²) in [4.78, 5) is 24.7. The normalized spacial score (nSPS) is 11.4. The topological polar surface area (TPSA) is 75.4 Å². The Morgan fingerprint density at radius 3 is 2.50 bits per heavy atom. The van der Waals surface area contributed by atoms with Crippen molar-refractivity contribution in [3.8, 4) is 0 Å². The molecule has 0 atom stereocenters. The first-order valence-corrected chi connectivity index (χ1v) is 5.77. The van der Waals surface area contributed by atoms with Crippen molar-refractivity contribution in [1.29, 1.82) is 0 Å². The molecule has 1 aromatic heterocycles. The van der Waals surface area contributed by atoms with E-state index in [0.29, 0.717) is 12.2 Å². The van der Waals surface area contributed by atoms with Crippen LogP contribution in [0.5, 0.6) is 0 Å². The van der Waals surface area contributed by atoms with Gasteiger partial charge in [0.05, 0.1) is 5.69 Å². The second-order valence-corrected chi connectivity index (χ2v) is 4.72. The Bertz CT molecular complexity index is 477. The van der Waals surface area contributed by atoms with E-state index in [0.717, 1.165) is 5.69 Å². The Balaban J connectivity index is 3.11. The molecule has 0 unspecified atom stereocenters. The lowest BCUT2D eigenvalue weighted by Crippen LogP contribution is -2.51. The van der Waals surface area contributed by atoms with Crippen molar-refractivity contribution in [2.24, 2.45) is 0 Å². The Hall–Kier alpha value is -1.85. The number of rotatable bonds is 4. The number of carbonyl (C=O) groups excluding carboxylic acids is 1. The number of hydrogen-bond acceptors (Lipinski definition) is 3. The molecule has 0 aliphatic rings. The fourth-order valence-corrected chi connectivity index (χ4v) is 1.53. The molecule has 0 aromatic carbocycles. The van der Waals surface area contributed by atoms with Crippen LogP contribution < -0.4 is 0 Å². The molecule has 0 radical (unpaired) electrons. The van der Waals surface area contributed by atoms with Crippen LogP contribution >= 0.6 is 0 Å². The maximum Gasteiger partial charge on any atom is 0.329 e. The summed E-state index contributed by atoms with van der Waals surface area (Å²) >= 11 is 0. The first-order valence-electron chi connectivity index (χ1n) is 5.77. The number of aryl methyl sites for hydroxylation is 2. The molecule has 0 saturated carbocycles. The molecule has 1 aromatic rings. The molecule has 18 heavy (non-hydrogen) atoms. The van der Waals surface area contributed by atoms with Gasteiger partial charge in [-0.2, -0.15) is 5.10 Å². The van der Waals surface area contributed by atoms with E-state index in [1.165, 1.54) is 25.8 Å². The quantitative estimate of drug-likeness (QED) is 0.873. The van der Waals surface area contributed by atoms with Gasteiger partial charge in [0.25, 0.3) is 5.91 Å². The molecule has 0 bridgehead atoms. The second kappa shape index (κ2) is 4.80. The molecule has 0 saturated heterocycles. The predicted molar refractivity (Wildman–Crippen MR) is 66.4 cm³/mol. The van der Waals surface area contributed by atoms with Crippen molar-refractivity contribution in [3.63, 3.8) is 0 Å². The van der Waals surface area contributed by atoms with E-state index in [-0.39, 0.29) is 5.91 Å². The van der Waals surface area contributed by atoms with Crippen LogP contribution in [0.1, 0.15) is 37.0 Å². The molecule has 0 spiro atoms. The van der Waals surface area contributed by atoms with Gasteiger partial charge in [-0.3, -0.25) is 9.48 Å². The van der Waals surface area contributed by atoms with Gasteiger partial charge in [0.15, 0.2) is 0 Å². The SMILES string of the molecule is CCn1nc(C)cc1C(=O)N(C)C(C)(C)C(=O)O. The highest BCUT2D eigenvalue weighted by Crippen LogP contribution is 2.17. The second-order valence-electron chi connectivity index (χ2n) is 4.72. The first kappa shape index (κ1) is 14.2. The van der Waals surface area contributed by atoms with E-state index in [2.05, 4.69) is 5.10 Å². The number of likely N-dealkylation sites (N-methyl/N-ethyl adjacent to an activating group) is 1. The Morgan fingerprint density at radius 2 is 2.06 bits per heavy atom.